The third-order valence-corrected chi connectivity index (χ3v) is 2.73. The summed E-state index contributed by atoms with van der Waals surface area (Å²) in [4.78, 5) is 4.36. The fourth-order valence-corrected chi connectivity index (χ4v) is 1.97. The van der Waals surface area contributed by atoms with Crippen LogP contribution in [0.2, 0.25) is 0 Å². The standard InChI is InChI=1S/C10H11BrN2/c1-7(2)13-6-9(11)8-4-3-5-12-10(8)13/h3-7H,1-2H3. The van der Waals surface area contributed by atoms with Gasteiger partial charge in [0.15, 0.2) is 0 Å². The van der Waals surface area contributed by atoms with E-state index in [2.05, 4.69) is 51.6 Å². The van der Waals surface area contributed by atoms with Gasteiger partial charge < -0.3 is 4.57 Å². The fourth-order valence-electron chi connectivity index (χ4n) is 1.44. The summed E-state index contributed by atoms with van der Waals surface area (Å²) in [7, 11) is 0. The first-order chi connectivity index (χ1) is 6.20. The number of aromatic nitrogens is 2. The molecule has 2 nitrogen and oxygen atoms in total. The number of fused-ring (bicyclic) bond motifs is 1. The Balaban J connectivity index is 2.78. The van der Waals surface area contributed by atoms with Crippen LogP contribution in [0.25, 0.3) is 11.0 Å². The largest absolute Gasteiger partial charge is 0.329 e. The lowest BCUT2D eigenvalue weighted by atomic mass is 10.3. The second-order valence-electron chi connectivity index (χ2n) is 3.35. The zero-order valence-corrected chi connectivity index (χ0v) is 9.25. The van der Waals surface area contributed by atoms with Crippen LogP contribution in [0.15, 0.2) is 29.0 Å². The monoisotopic (exact) mass is 238 g/mol. The molecule has 0 fully saturated rings. The van der Waals surface area contributed by atoms with Crippen LogP contribution in [0, 0.1) is 0 Å². The zero-order valence-electron chi connectivity index (χ0n) is 7.66. The molecule has 2 heterocycles. The predicted octanol–water partition coefficient (Wildman–Crippen LogP) is 3.38. The van der Waals surface area contributed by atoms with Crippen LogP contribution in [0.3, 0.4) is 0 Å². The Labute approximate surface area is 85.7 Å². The minimum Gasteiger partial charge on any atom is -0.329 e. The van der Waals surface area contributed by atoms with Crippen molar-refractivity contribution in [3.05, 3.63) is 29.0 Å². The van der Waals surface area contributed by atoms with E-state index in [4.69, 9.17) is 0 Å². The molecule has 0 saturated heterocycles. The second kappa shape index (κ2) is 3.14. The lowest BCUT2D eigenvalue weighted by molar-refractivity contribution is 0.617. The Morgan fingerprint density at radius 3 is 2.92 bits per heavy atom. The number of nitrogens with zero attached hydrogens (tertiary/aromatic N) is 2. The van der Waals surface area contributed by atoms with Crippen LogP contribution >= 0.6 is 15.9 Å². The molecule has 68 valence electrons. The molecule has 0 aliphatic rings. The first-order valence-electron chi connectivity index (χ1n) is 4.31. The topological polar surface area (TPSA) is 17.8 Å². The van der Waals surface area contributed by atoms with E-state index < -0.39 is 0 Å². The summed E-state index contributed by atoms with van der Waals surface area (Å²) >= 11 is 3.53. The Hall–Kier alpha value is -0.830. The predicted molar refractivity (Wildman–Crippen MR) is 57.8 cm³/mol. The first kappa shape index (κ1) is 8.75. The van der Waals surface area contributed by atoms with Crippen molar-refractivity contribution in [3.8, 4) is 0 Å². The fraction of sp³-hybridized carbons (Fsp3) is 0.300. The van der Waals surface area contributed by atoms with Gasteiger partial charge in [-0.3, -0.25) is 0 Å². The summed E-state index contributed by atoms with van der Waals surface area (Å²) in [6.07, 6.45) is 3.91. The van der Waals surface area contributed by atoms with E-state index in [9.17, 15) is 0 Å². The van der Waals surface area contributed by atoms with Crippen molar-refractivity contribution < 1.29 is 0 Å². The molecule has 0 bridgehead atoms. The van der Waals surface area contributed by atoms with Crippen molar-refractivity contribution in [2.45, 2.75) is 19.9 Å². The molecule has 13 heavy (non-hydrogen) atoms. The molecule has 0 unspecified atom stereocenters. The number of hydrogen-bond donors (Lipinski definition) is 0. The molecule has 0 spiro atoms. The summed E-state index contributed by atoms with van der Waals surface area (Å²) in [6, 6.07) is 4.48. The maximum atomic E-state index is 4.36. The molecule has 0 aliphatic heterocycles. The number of pyridine rings is 1. The Kier molecular flexibility index (Phi) is 2.12. The van der Waals surface area contributed by atoms with Crippen molar-refractivity contribution in [1.82, 2.24) is 9.55 Å². The van der Waals surface area contributed by atoms with Crippen LogP contribution in [-0.4, -0.2) is 9.55 Å². The van der Waals surface area contributed by atoms with Crippen molar-refractivity contribution in [2.75, 3.05) is 0 Å². The van der Waals surface area contributed by atoms with E-state index in [1.807, 2.05) is 12.3 Å². The van der Waals surface area contributed by atoms with E-state index in [1.54, 1.807) is 0 Å². The molecule has 0 aromatic carbocycles. The average molecular weight is 239 g/mol. The Morgan fingerprint density at radius 2 is 2.23 bits per heavy atom. The zero-order chi connectivity index (χ0) is 9.42. The highest BCUT2D eigenvalue weighted by molar-refractivity contribution is 9.10. The number of halogens is 1. The van der Waals surface area contributed by atoms with Crippen LogP contribution in [-0.2, 0) is 0 Å². The molecule has 0 N–H and O–H groups in total. The van der Waals surface area contributed by atoms with Crippen molar-refractivity contribution >= 4 is 27.0 Å². The third kappa shape index (κ3) is 1.37. The van der Waals surface area contributed by atoms with Gasteiger partial charge in [-0.25, -0.2) is 4.98 Å². The lowest BCUT2D eigenvalue weighted by Crippen LogP contribution is -1.98. The molecule has 0 atom stereocenters. The average Bonchev–Trinajstić information content (AvgIpc) is 2.45. The first-order valence-corrected chi connectivity index (χ1v) is 5.10. The molecule has 2 rings (SSSR count). The smallest absolute Gasteiger partial charge is 0.141 e. The lowest BCUT2D eigenvalue weighted by Gasteiger charge is -2.07. The molecule has 3 heteroatoms. The molecule has 0 amide bonds. The van der Waals surface area contributed by atoms with Gasteiger partial charge in [-0.1, -0.05) is 0 Å². The van der Waals surface area contributed by atoms with E-state index in [-0.39, 0.29) is 0 Å². The highest BCUT2D eigenvalue weighted by Crippen LogP contribution is 2.26. The van der Waals surface area contributed by atoms with Crippen LogP contribution in [0.4, 0.5) is 0 Å². The number of hydrogen-bond acceptors (Lipinski definition) is 1. The summed E-state index contributed by atoms with van der Waals surface area (Å²) in [6.45, 7) is 4.31. The van der Waals surface area contributed by atoms with Crippen molar-refractivity contribution in [1.29, 1.82) is 0 Å². The van der Waals surface area contributed by atoms with Gasteiger partial charge in [-0.15, -0.1) is 0 Å². The highest BCUT2D eigenvalue weighted by Gasteiger charge is 2.08. The van der Waals surface area contributed by atoms with Gasteiger partial charge in [0.2, 0.25) is 0 Å². The van der Waals surface area contributed by atoms with E-state index in [0.717, 1.165) is 10.1 Å². The molecule has 0 radical (unpaired) electrons. The van der Waals surface area contributed by atoms with Gasteiger partial charge in [0.05, 0.1) is 0 Å². The number of rotatable bonds is 1. The summed E-state index contributed by atoms with van der Waals surface area (Å²) in [5.41, 5.74) is 1.05. The van der Waals surface area contributed by atoms with Crippen molar-refractivity contribution in [2.24, 2.45) is 0 Å². The maximum absolute atomic E-state index is 4.36. The van der Waals surface area contributed by atoms with Crippen molar-refractivity contribution in [3.63, 3.8) is 0 Å². The Bertz CT molecular complexity index is 431. The molecule has 0 aliphatic carbocycles. The van der Waals surface area contributed by atoms with Gasteiger partial charge in [0, 0.05) is 28.3 Å². The molecule has 2 aromatic rings. The third-order valence-electron chi connectivity index (χ3n) is 2.10. The normalized spacial score (nSPS) is 11.4. The summed E-state index contributed by atoms with van der Waals surface area (Å²) < 4.78 is 3.28. The van der Waals surface area contributed by atoms with Crippen LogP contribution < -0.4 is 0 Å². The van der Waals surface area contributed by atoms with E-state index in [0.29, 0.717) is 6.04 Å². The summed E-state index contributed by atoms with van der Waals surface area (Å²) in [5, 5.41) is 1.18. The summed E-state index contributed by atoms with van der Waals surface area (Å²) in [5.74, 6) is 0. The van der Waals surface area contributed by atoms with Crippen LogP contribution in [0.5, 0.6) is 0 Å². The molecular weight excluding hydrogens is 228 g/mol. The van der Waals surface area contributed by atoms with E-state index >= 15 is 0 Å². The molecule has 0 saturated carbocycles. The van der Waals surface area contributed by atoms with Gasteiger partial charge in [0.25, 0.3) is 0 Å². The van der Waals surface area contributed by atoms with Crippen LogP contribution in [0.1, 0.15) is 19.9 Å². The second-order valence-corrected chi connectivity index (χ2v) is 4.21. The Morgan fingerprint density at radius 1 is 1.46 bits per heavy atom. The minimum atomic E-state index is 0.448. The molecule has 2 aromatic heterocycles. The molecular formula is C10H11BrN2. The maximum Gasteiger partial charge on any atom is 0.141 e. The van der Waals surface area contributed by atoms with Gasteiger partial charge >= 0.3 is 0 Å². The quantitative estimate of drug-likeness (QED) is 0.745. The SMILES string of the molecule is CC(C)n1cc(Br)c2cccnc21. The van der Waals surface area contributed by atoms with Gasteiger partial charge in [-0.2, -0.15) is 0 Å². The van der Waals surface area contributed by atoms with Gasteiger partial charge in [0.1, 0.15) is 5.65 Å². The minimum absolute atomic E-state index is 0.448. The highest BCUT2D eigenvalue weighted by atomic mass is 79.9. The van der Waals surface area contributed by atoms with E-state index in [1.165, 1.54) is 5.39 Å². The van der Waals surface area contributed by atoms with Gasteiger partial charge in [-0.05, 0) is 41.9 Å².